The molecule has 6 nitrogen and oxygen atoms in total. The first kappa shape index (κ1) is 19.5. The van der Waals surface area contributed by atoms with Crippen molar-refractivity contribution in [1.82, 2.24) is 14.9 Å². The fraction of sp³-hybridized carbons (Fsp3) is 0.737. The molecule has 1 saturated heterocycles. The predicted octanol–water partition coefficient (Wildman–Crippen LogP) is 4.19. The Balaban J connectivity index is 1.88. The van der Waals surface area contributed by atoms with Gasteiger partial charge < -0.3 is 15.0 Å². The summed E-state index contributed by atoms with van der Waals surface area (Å²) in [5.74, 6) is 1.37. The van der Waals surface area contributed by atoms with Crippen molar-refractivity contribution in [1.29, 1.82) is 0 Å². The van der Waals surface area contributed by atoms with Crippen LogP contribution >= 0.6 is 0 Å². The maximum absolute atomic E-state index is 12.1. The second-order valence-corrected chi connectivity index (χ2v) is 7.73. The number of amides is 1. The molecule has 25 heavy (non-hydrogen) atoms. The van der Waals surface area contributed by atoms with Gasteiger partial charge in [0.2, 0.25) is 0 Å². The van der Waals surface area contributed by atoms with Crippen molar-refractivity contribution >= 4 is 11.9 Å². The number of carbonyl (C=O) groups is 1. The van der Waals surface area contributed by atoms with E-state index >= 15 is 0 Å². The van der Waals surface area contributed by atoms with E-state index in [0.29, 0.717) is 25.0 Å². The van der Waals surface area contributed by atoms with Gasteiger partial charge in [0.15, 0.2) is 0 Å². The lowest BCUT2D eigenvalue weighted by Crippen LogP contribution is -2.44. The van der Waals surface area contributed by atoms with E-state index in [9.17, 15) is 4.79 Å². The molecule has 0 bridgehead atoms. The first-order chi connectivity index (χ1) is 11.8. The highest BCUT2D eigenvalue weighted by Gasteiger charge is 2.27. The molecule has 0 radical (unpaired) electrons. The Hall–Kier alpha value is -1.85. The molecule has 1 aromatic heterocycles. The van der Waals surface area contributed by atoms with Gasteiger partial charge in [-0.1, -0.05) is 13.8 Å². The van der Waals surface area contributed by atoms with Crippen molar-refractivity contribution in [3.63, 3.8) is 0 Å². The molecule has 6 heteroatoms. The van der Waals surface area contributed by atoms with Crippen LogP contribution in [0.4, 0.5) is 10.6 Å². The van der Waals surface area contributed by atoms with Crippen LogP contribution in [0.25, 0.3) is 0 Å². The standard InChI is InChI=1S/C19H32N4O2/c1-6-14(7-2)16-12-17(21-13-20-16)22-15-8-10-23(11-9-15)18(24)25-19(3,4)5/h12-15H,6-11H2,1-5H3,(H,20,21,22). The van der Waals surface area contributed by atoms with E-state index in [1.807, 2.05) is 20.8 Å². The Morgan fingerprint density at radius 1 is 1.28 bits per heavy atom. The van der Waals surface area contributed by atoms with Gasteiger partial charge in [-0.2, -0.15) is 0 Å². The Morgan fingerprint density at radius 3 is 2.48 bits per heavy atom. The van der Waals surface area contributed by atoms with E-state index in [0.717, 1.165) is 37.2 Å². The monoisotopic (exact) mass is 348 g/mol. The summed E-state index contributed by atoms with van der Waals surface area (Å²) in [7, 11) is 0. The van der Waals surface area contributed by atoms with Gasteiger partial charge in [0.25, 0.3) is 0 Å². The van der Waals surface area contributed by atoms with Crippen molar-refractivity contribution in [3.8, 4) is 0 Å². The molecule has 1 aromatic rings. The minimum Gasteiger partial charge on any atom is -0.444 e. The maximum Gasteiger partial charge on any atom is 0.410 e. The van der Waals surface area contributed by atoms with Gasteiger partial charge >= 0.3 is 6.09 Å². The van der Waals surface area contributed by atoms with Crippen LogP contribution in [0.3, 0.4) is 0 Å². The van der Waals surface area contributed by atoms with Crippen molar-refractivity contribution < 1.29 is 9.53 Å². The van der Waals surface area contributed by atoms with Crippen LogP contribution in [0.15, 0.2) is 12.4 Å². The van der Waals surface area contributed by atoms with Gasteiger partial charge in [-0.15, -0.1) is 0 Å². The molecule has 2 rings (SSSR count). The highest BCUT2D eigenvalue weighted by Crippen LogP contribution is 2.23. The van der Waals surface area contributed by atoms with Crippen LogP contribution in [-0.4, -0.2) is 45.7 Å². The van der Waals surface area contributed by atoms with E-state index in [2.05, 4.69) is 35.2 Å². The Labute approximate surface area is 151 Å². The topological polar surface area (TPSA) is 67.4 Å². The second kappa shape index (κ2) is 8.50. The maximum atomic E-state index is 12.1. The van der Waals surface area contributed by atoms with Crippen LogP contribution in [0.2, 0.25) is 0 Å². The lowest BCUT2D eigenvalue weighted by atomic mass is 9.99. The molecule has 0 unspecified atom stereocenters. The summed E-state index contributed by atoms with van der Waals surface area (Å²) < 4.78 is 5.44. The smallest absolute Gasteiger partial charge is 0.410 e. The molecule has 1 amide bonds. The highest BCUT2D eigenvalue weighted by atomic mass is 16.6. The van der Waals surface area contributed by atoms with Crippen LogP contribution in [0.1, 0.15) is 71.9 Å². The summed E-state index contributed by atoms with van der Waals surface area (Å²) in [6.07, 6.45) is 5.38. The molecule has 0 aliphatic carbocycles. The summed E-state index contributed by atoms with van der Waals surface area (Å²) in [5, 5.41) is 3.50. The molecule has 2 heterocycles. The third kappa shape index (κ3) is 5.87. The third-order valence-electron chi connectivity index (χ3n) is 4.59. The Bertz CT molecular complexity index is 559. The van der Waals surface area contributed by atoms with Gasteiger partial charge in [0, 0.05) is 36.8 Å². The highest BCUT2D eigenvalue weighted by molar-refractivity contribution is 5.68. The zero-order valence-electron chi connectivity index (χ0n) is 16.2. The normalized spacial score (nSPS) is 16.2. The average Bonchev–Trinajstić information content (AvgIpc) is 2.55. The number of aromatic nitrogens is 2. The number of nitrogens with zero attached hydrogens (tertiary/aromatic N) is 3. The molecule has 0 saturated carbocycles. The number of nitrogens with one attached hydrogen (secondary N) is 1. The number of anilines is 1. The van der Waals surface area contributed by atoms with Crippen molar-refractivity contribution in [3.05, 3.63) is 18.1 Å². The fourth-order valence-corrected chi connectivity index (χ4v) is 3.12. The summed E-state index contributed by atoms with van der Waals surface area (Å²) in [6.45, 7) is 11.5. The number of rotatable bonds is 5. The summed E-state index contributed by atoms with van der Waals surface area (Å²) in [5.41, 5.74) is 0.659. The lowest BCUT2D eigenvalue weighted by Gasteiger charge is -2.34. The molecule has 1 fully saturated rings. The molecule has 1 aliphatic rings. The van der Waals surface area contributed by atoms with Crippen molar-refractivity contribution in [2.45, 2.75) is 77.9 Å². The summed E-state index contributed by atoms with van der Waals surface area (Å²) in [6, 6.07) is 2.39. The fourth-order valence-electron chi connectivity index (χ4n) is 3.12. The van der Waals surface area contributed by atoms with Crippen LogP contribution in [0.5, 0.6) is 0 Å². The number of piperidine rings is 1. The van der Waals surface area contributed by atoms with Crippen LogP contribution in [-0.2, 0) is 4.74 Å². The number of hydrogen-bond acceptors (Lipinski definition) is 5. The van der Waals surface area contributed by atoms with E-state index < -0.39 is 5.60 Å². The van der Waals surface area contributed by atoms with E-state index in [-0.39, 0.29) is 6.09 Å². The largest absolute Gasteiger partial charge is 0.444 e. The number of carbonyl (C=O) groups excluding carboxylic acids is 1. The van der Waals surface area contributed by atoms with Crippen LogP contribution < -0.4 is 5.32 Å². The van der Waals surface area contributed by atoms with Gasteiger partial charge in [0.1, 0.15) is 17.7 Å². The van der Waals surface area contributed by atoms with E-state index in [4.69, 9.17) is 4.74 Å². The second-order valence-electron chi connectivity index (χ2n) is 7.73. The van der Waals surface area contributed by atoms with Crippen molar-refractivity contribution in [2.75, 3.05) is 18.4 Å². The van der Waals surface area contributed by atoms with Gasteiger partial charge in [-0.05, 0) is 46.5 Å². The molecular formula is C19H32N4O2. The molecule has 0 aromatic carbocycles. The first-order valence-electron chi connectivity index (χ1n) is 9.38. The number of ether oxygens (including phenoxy) is 1. The number of hydrogen-bond donors (Lipinski definition) is 1. The molecule has 0 atom stereocenters. The zero-order valence-corrected chi connectivity index (χ0v) is 16.2. The van der Waals surface area contributed by atoms with Gasteiger partial charge in [-0.25, -0.2) is 14.8 Å². The number of likely N-dealkylation sites (tertiary alicyclic amines) is 1. The molecule has 140 valence electrons. The zero-order chi connectivity index (χ0) is 18.4. The molecule has 1 aliphatic heterocycles. The molecular weight excluding hydrogens is 316 g/mol. The Kier molecular flexibility index (Phi) is 6.62. The quantitative estimate of drug-likeness (QED) is 0.864. The predicted molar refractivity (Wildman–Crippen MR) is 99.8 cm³/mol. The van der Waals surface area contributed by atoms with Gasteiger partial charge in [-0.3, -0.25) is 0 Å². The first-order valence-corrected chi connectivity index (χ1v) is 9.38. The third-order valence-corrected chi connectivity index (χ3v) is 4.59. The van der Waals surface area contributed by atoms with E-state index in [1.54, 1.807) is 11.2 Å². The van der Waals surface area contributed by atoms with E-state index in [1.165, 1.54) is 0 Å². The lowest BCUT2D eigenvalue weighted by molar-refractivity contribution is 0.0210. The minimum atomic E-state index is -0.446. The van der Waals surface area contributed by atoms with Crippen molar-refractivity contribution in [2.24, 2.45) is 0 Å². The molecule has 0 spiro atoms. The Morgan fingerprint density at radius 2 is 1.92 bits per heavy atom. The van der Waals surface area contributed by atoms with Gasteiger partial charge in [0.05, 0.1) is 0 Å². The average molecular weight is 348 g/mol. The minimum absolute atomic E-state index is 0.219. The SMILES string of the molecule is CCC(CC)c1cc(NC2CCN(C(=O)OC(C)(C)C)CC2)ncn1. The summed E-state index contributed by atoms with van der Waals surface area (Å²) in [4.78, 5) is 22.7. The molecule has 1 N–H and O–H groups in total. The van der Waals surface area contributed by atoms with Crippen LogP contribution in [0, 0.1) is 0 Å². The summed E-state index contributed by atoms with van der Waals surface area (Å²) >= 11 is 0.